The Hall–Kier alpha value is -2.97. The molecule has 0 saturated carbocycles. The molecule has 29 heavy (non-hydrogen) atoms. The zero-order valence-corrected chi connectivity index (χ0v) is 15.8. The number of carbonyl (C=O) groups excluding carboxylic acids is 2. The van der Waals surface area contributed by atoms with Crippen molar-refractivity contribution in [3.63, 3.8) is 0 Å². The molecule has 8 heteroatoms. The van der Waals surface area contributed by atoms with Crippen molar-refractivity contribution in [2.75, 3.05) is 49.6 Å². The number of carbonyl (C=O) groups is 2. The number of rotatable bonds is 6. The van der Waals surface area contributed by atoms with Crippen LogP contribution in [-0.4, -0.2) is 67.3 Å². The Bertz CT molecular complexity index is 895. The summed E-state index contributed by atoms with van der Waals surface area (Å²) in [6, 6.07) is 11.4. The number of nitrogens with zero attached hydrogens (tertiary/aromatic N) is 2. The first-order chi connectivity index (χ1) is 14.0. The second kappa shape index (κ2) is 8.18. The van der Waals surface area contributed by atoms with Gasteiger partial charge in [0.25, 0.3) is 11.8 Å². The van der Waals surface area contributed by atoms with E-state index >= 15 is 0 Å². The van der Waals surface area contributed by atoms with Crippen LogP contribution < -0.4 is 10.2 Å². The van der Waals surface area contributed by atoms with Gasteiger partial charge in [0.15, 0.2) is 0 Å². The van der Waals surface area contributed by atoms with Crippen LogP contribution in [0.15, 0.2) is 42.5 Å². The molecule has 1 saturated heterocycles. The van der Waals surface area contributed by atoms with Gasteiger partial charge in [-0.15, -0.1) is 0 Å². The first-order valence-electron chi connectivity index (χ1n) is 9.54. The van der Waals surface area contributed by atoms with Gasteiger partial charge in [0.1, 0.15) is 5.82 Å². The van der Waals surface area contributed by atoms with Gasteiger partial charge in [-0.25, -0.2) is 4.39 Å². The van der Waals surface area contributed by atoms with E-state index in [0.29, 0.717) is 48.8 Å². The minimum atomic E-state index is -0.987. The van der Waals surface area contributed by atoms with Gasteiger partial charge in [-0.1, -0.05) is 12.1 Å². The number of halogens is 1. The van der Waals surface area contributed by atoms with Crippen LogP contribution in [0.2, 0.25) is 0 Å². The average molecular weight is 399 g/mol. The highest BCUT2D eigenvalue weighted by Gasteiger charge is 2.36. The molecule has 2 aliphatic rings. The first kappa shape index (κ1) is 19.4. The molecule has 0 aliphatic carbocycles. The minimum Gasteiger partial charge on any atom is -0.389 e. The standard InChI is InChI=1S/C21H22FN3O4/c22-18-11-14(5-6-19(18)24-7-9-29-10-8-24)23-12-15(26)13-25-20(27)16-3-1-2-4-17(16)21(25)28/h1-6,11,15,23,26H,7-10,12-13H2/t15-/m0/s1. The number of β-amino-alcohol motifs (C(OH)–C–C–N with tert-alkyl or cyclic N) is 1. The van der Waals surface area contributed by atoms with Crippen molar-refractivity contribution in [2.24, 2.45) is 0 Å². The third-order valence-electron chi connectivity index (χ3n) is 5.11. The fourth-order valence-electron chi connectivity index (χ4n) is 3.59. The van der Waals surface area contributed by atoms with Gasteiger partial charge in [0.2, 0.25) is 0 Å². The van der Waals surface area contributed by atoms with Gasteiger partial charge in [-0.3, -0.25) is 14.5 Å². The molecule has 1 atom stereocenters. The van der Waals surface area contributed by atoms with Crippen molar-refractivity contribution in [3.05, 3.63) is 59.4 Å². The summed E-state index contributed by atoms with van der Waals surface area (Å²) in [6.45, 7) is 2.37. The normalized spacial score (nSPS) is 17.4. The molecule has 7 nitrogen and oxygen atoms in total. The molecular formula is C21H22FN3O4. The van der Waals surface area contributed by atoms with Gasteiger partial charge < -0.3 is 20.1 Å². The lowest BCUT2D eigenvalue weighted by molar-refractivity contribution is 0.0558. The highest BCUT2D eigenvalue weighted by Crippen LogP contribution is 2.25. The SMILES string of the molecule is O=C1c2ccccc2C(=O)N1C[C@@H](O)CNc1ccc(N2CCOCC2)c(F)c1. The molecule has 2 aromatic rings. The van der Waals surface area contributed by atoms with E-state index in [9.17, 15) is 19.1 Å². The van der Waals surface area contributed by atoms with E-state index in [1.807, 2.05) is 4.90 Å². The Kier molecular flexibility index (Phi) is 5.46. The number of hydrogen-bond donors (Lipinski definition) is 2. The zero-order chi connectivity index (χ0) is 20.4. The maximum Gasteiger partial charge on any atom is 0.261 e. The van der Waals surface area contributed by atoms with Crippen molar-refractivity contribution in [1.29, 1.82) is 0 Å². The number of benzene rings is 2. The Labute approximate surface area is 167 Å². The molecule has 2 aromatic carbocycles. The second-order valence-corrected chi connectivity index (χ2v) is 7.07. The van der Waals surface area contributed by atoms with Crippen molar-refractivity contribution in [3.8, 4) is 0 Å². The summed E-state index contributed by atoms with van der Waals surface area (Å²) in [6.07, 6.45) is -0.987. The van der Waals surface area contributed by atoms with Gasteiger partial charge in [0.05, 0.1) is 42.7 Å². The molecule has 2 N–H and O–H groups in total. The van der Waals surface area contributed by atoms with Gasteiger partial charge in [-0.05, 0) is 30.3 Å². The molecule has 0 radical (unpaired) electrons. The smallest absolute Gasteiger partial charge is 0.261 e. The van der Waals surface area contributed by atoms with Crippen LogP contribution >= 0.6 is 0 Å². The summed E-state index contributed by atoms with van der Waals surface area (Å²) in [4.78, 5) is 27.7. The number of hydrogen-bond acceptors (Lipinski definition) is 6. The van der Waals surface area contributed by atoms with E-state index in [4.69, 9.17) is 4.74 Å². The quantitative estimate of drug-likeness (QED) is 0.720. The van der Waals surface area contributed by atoms with Crippen LogP contribution in [0.4, 0.5) is 15.8 Å². The van der Waals surface area contributed by atoms with Crippen molar-refractivity contribution in [1.82, 2.24) is 4.90 Å². The molecule has 2 heterocycles. The molecule has 2 amide bonds. The lowest BCUT2D eigenvalue weighted by Gasteiger charge is -2.29. The lowest BCUT2D eigenvalue weighted by atomic mass is 10.1. The Morgan fingerprint density at radius 2 is 1.72 bits per heavy atom. The summed E-state index contributed by atoms with van der Waals surface area (Å²) in [7, 11) is 0. The largest absolute Gasteiger partial charge is 0.389 e. The number of amides is 2. The van der Waals surface area contributed by atoms with E-state index < -0.39 is 17.9 Å². The molecule has 152 valence electrons. The topological polar surface area (TPSA) is 82.1 Å². The van der Waals surface area contributed by atoms with Gasteiger partial charge in [0, 0.05) is 25.3 Å². The maximum atomic E-state index is 14.5. The predicted molar refractivity (Wildman–Crippen MR) is 106 cm³/mol. The van der Waals surface area contributed by atoms with Crippen LogP contribution in [0, 0.1) is 5.82 Å². The third kappa shape index (κ3) is 3.94. The number of fused-ring (bicyclic) bond motifs is 1. The van der Waals surface area contributed by atoms with Crippen LogP contribution in [-0.2, 0) is 4.74 Å². The summed E-state index contributed by atoms with van der Waals surface area (Å²) in [5.41, 5.74) is 1.73. The number of nitrogens with one attached hydrogen (secondary N) is 1. The van der Waals surface area contributed by atoms with Crippen molar-refractivity contribution < 1.29 is 23.8 Å². The van der Waals surface area contributed by atoms with Crippen LogP contribution in [0.25, 0.3) is 0 Å². The third-order valence-corrected chi connectivity index (χ3v) is 5.11. The Morgan fingerprint density at radius 3 is 2.34 bits per heavy atom. The van der Waals surface area contributed by atoms with Gasteiger partial charge in [-0.2, -0.15) is 0 Å². The van der Waals surface area contributed by atoms with Crippen molar-refractivity contribution in [2.45, 2.75) is 6.10 Å². The minimum absolute atomic E-state index is 0.0732. The van der Waals surface area contributed by atoms with Crippen LogP contribution in [0.5, 0.6) is 0 Å². The van der Waals surface area contributed by atoms with E-state index in [2.05, 4.69) is 5.32 Å². The molecule has 4 rings (SSSR count). The molecule has 0 spiro atoms. The fourth-order valence-corrected chi connectivity index (χ4v) is 3.59. The Morgan fingerprint density at radius 1 is 1.07 bits per heavy atom. The highest BCUT2D eigenvalue weighted by molar-refractivity contribution is 6.21. The molecule has 0 bridgehead atoms. The molecule has 1 fully saturated rings. The zero-order valence-electron chi connectivity index (χ0n) is 15.8. The van der Waals surface area contributed by atoms with E-state index in [-0.39, 0.29) is 18.9 Å². The summed E-state index contributed by atoms with van der Waals surface area (Å²) in [5.74, 6) is -1.18. The summed E-state index contributed by atoms with van der Waals surface area (Å²) >= 11 is 0. The molecular weight excluding hydrogens is 377 g/mol. The fraction of sp³-hybridized carbons (Fsp3) is 0.333. The van der Waals surface area contributed by atoms with Crippen LogP contribution in [0.3, 0.4) is 0 Å². The van der Waals surface area contributed by atoms with E-state index in [1.165, 1.54) is 6.07 Å². The predicted octanol–water partition coefficient (Wildman–Crippen LogP) is 1.73. The lowest BCUT2D eigenvalue weighted by Crippen LogP contribution is -2.39. The number of aliphatic hydroxyl groups is 1. The van der Waals surface area contributed by atoms with Crippen LogP contribution in [0.1, 0.15) is 20.7 Å². The molecule has 0 aromatic heterocycles. The number of imide groups is 1. The highest BCUT2D eigenvalue weighted by atomic mass is 19.1. The second-order valence-electron chi connectivity index (χ2n) is 7.07. The average Bonchev–Trinajstić information content (AvgIpc) is 2.98. The maximum absolute atomic E-state index is 14.5. The molecule has 0 unspecified atom stereocenters. The van der Waals surface area contributed by atoms with E-state index in [1.54, 1.807) is 36.4 Å². The van der Waals surface area contributed by atoms with E-state index in [0.717, 1.165) is 4.90 Å². The Balaban J connectivity index is 1.34. The summed E-state index contributed by atoms with van der Waals surface area (Å²) in [5, 5.41) is 13.2. The number of morpholine rings is 1. The first-order valence-corrected chi connectivity index (χ1v) is 9.54. The summed E-state index contributed by atoms with van der Waals surface area (Å²) < 4.78 is 19.7. The van der Waals surface area contributed by atoms with Crippen molar-refractivity contribution >= 4 is 23.2 Å². The number of aliphatic hydroxyl groups excluding tert-OH is 1. The van der Waals surface area contributed by atoms with Gasteiger partial charge >= 0.3 is 0 Å². The molecule has 2 aliphatic heterocycles. The monoisotopic (exact) mass is 399 g/mol. The number of ether oxygens (including phenoxy) is 1. The number of anilines is 2.